The van der Waals surface area contributed by atoms with Gasteiger partial charge in [-0.1, -0.05) is 23.7 Å². The van der Waals surface area contributed by atoms with E-state index in [-0.39, 0.29) is 5.91 Å². The van der Waals surface area contributed by atoms with E-state index in [1.165, 1.54) is 6.07 Å². The molecule has 0 saturated heterocycles. The topological polar surface area (TPSA) is 51.2 Å². The highest BCUT2D eigenvalue weighted by atomic mass is 35.5. The molecule has 0 spiro atoms. The first-order valence-electron chi connectivity index (χ1n) is 7.49. The average molecular weight is 357 g/mol. The minimum absolute atomic E-state index is 0.308. The maximum absolute atomic E-state index is 13.1. The molecular formula is C19H14ClFN2O2. The molecule has 0 saturated carbocycles. The molecule has 2 aromatic carbocycles. The van der Waals surface area contributed by atoms with Crippen molar-refractivity contribution in [3.8, 4) is 11.5 Å². The van der Waals surface area contributed by atoms with Crippen LogP contribution in [0.3, 0.4) is 0 Å². The summed E-state index contributed by atoms with van der Waals surface area (Å²) in [6.07, 6.45) is 0. The summed E-state index contributed by atoms with van der Waals surface area (Å²) >= 11 is 5.94. The number of hydrogen-bond acceptors (Lipinski definition) is 3. The Morgan fingerprint density at radius 3 is 2.52 bits per heavy atom. The molecule has 0 unspecified atom stereocenters. The smallest absolute Gasteiger partial charge is 0.257 e. The minimum Gasteiger partial charge on any atom is -0.457 e. The third-order valence-electron chi connectivity index (χ3n) is 3.42. The second-order valence-corrected chi connectivity index (χ2v) is 5.74. The zero-order valence-corrected chi connectivity index (χ0v) is 14.0. The number of nitrogens with one attached hydrogen (secondary N) is 1. The number of ether oxygens (including phenoxy) is 1. The number of halogens is 2. The summed E-state index contributed by atoms with van der Waals surface area (Å²) in [6.45, 7) is 1.58. The maximum atomic E-state index is 13.1. The summed E-state index contributed by atoms with van der Waals surface area (Å²) in [7, 11) is 0. The number of aryl methyl sites for hydroxylation is 1. The van der Waals surface area contributed by atoms with Gasteiger partial charge in [-0.25, -0.2) is 4.98 Å². The van der Waals surface area contributed by atoms with Gasteiger partial charge < -0.3 is 10.1 Å². The fourth-order valence-electron chi connectivity index (χ4n) is 2.27. The number of anilines is 1. The van der Waals surface area contributed by atoms with Crippen LogP contribution in [-0.4, -0.2) is 10.9 Å². The molecule has 0 fully saturated rings. The monoisotopic (exact) mass is 356 g/mol. The quantitative estimate of drug-likeness (QED) is 0.651. The third-order valence-corrected chi connectivity index (χ3v) is 3.66. The van der Waals surface area contributed by atoms with Crippen LogP contribution in [-0.2, 0) is 0 Å². The number of aromatic nitrogens is 1. The van der Waals surface area contributed by atoms with Gasteiger partial charge >= 0.3 is 0 Å². The fourth-order valence-corrected chi connectivity index (χ4v) is 2.45. The Hall–Kier alpha value is -2.92. The molecule has 126 valence electrons. The summed E-state index contributed by atoms with van der Waals surface area (Å²) in [6, 6.07) is 16.5. The molecule has 0 radical (unpaired) electrons. The number of rotatable bonds is 4. The Bertz CT molecular complexity index is 931. The van der Waals surface area contributed by atoms with Gasteiger partial charge in [0.2, 0.25) is 5.95 Å². The highest BCUT2D eigenvalue weighted by Crippen LogP contribution is 2.26. The number of benzene rings is 2. The first kappa shape index (κ1) is 16.9. The van der Waals surface area contributed by atoms with Gasteiger partial charge in [0.1, 0.15) is 11.5 Å². The predicted molar refractivity (Wildman–Crippen MR) is 94.9 cm³/mol. The molecule has 0 atom stereocenters. The Balaban J connectivity index is 1.76. The summed E-state index contributed by atoms with van der Waals surface area (Å²) in [5.41, 5.74) is 1.18. The van der Waals surface area contributed by atoms with Crippen molar-refractivity contribution in [2.45, 2.75) is 6.92 Å². The SMILES string of the molecule is Cc1nc(F)ccc1C(=O)Nc1cccc(Oc2cccc(Cl)c2)c1. The number of carbonyl (C=O) groups is 1. The first-order valence-corrected chi connectivity index (χ1v) is 7.87. The van der Waals surface area contributed by atoms with E-state index in [0.29, 0.717) is 33.5 Å². The molecule has 6 heteroatoms. The van der Waals surface area contributed by atoms with Crippen molar-refractivity contribution in [3.05, 3.63) is 82.9 Å². The van der Waals surface area contributed by atoms with Crippen molar-refractivity contribution < 1.29 is 13.9 Å². The van der Waals surface area contributed by atoms with Crippen LogP contribution in [0.5, 0.6) is 11.5 Å². The van der Waals surface area contributed by atoms with Crippen molar-refractivity contribution in [3.63, 3.8) is 0 Å². The van der Waals surface area contributed by atoms with E-state index in [4.69, 9.17) is 16.3 Å². The van der Waals surface area contributed by atoms with Gasteiger partial charge in [0, 0.05) is 16.8 Å². The molecule has 0 aliphatic rings. The number of hydrogen-bond donors (Lipinski definition) is 1. The predicted octanol–water partition coefficient (Wildman–Crippen LogP) is 5.23. The van der Waals surface area contributed by atoms with Crippen LogP contribution in [0.2, 0.25) is 5.02 Å². The van der Waals surface area contributed by atoms with E-state index in [0.717, 1.165) is 6.07 Å². The van der Waals surface area contributed by atoms with Crippen LogP contribution in [0.25, 0.3) is 0 Å². The highest BCUT2D eigenvalue weighted by Gasteiger charge is 2.11. The van der Waals surface area contributed by atoms with E-state index in [1.807, 2.05) is 0 Å². The van der Waals surface area contributed by atoms with Crippen molar-refractivity contribution in [1.82, 2.24) is 4.98 Å². The molecule has 3 aromatic rings. The molecule has 25 heavy (non-hydrogen) atoms. The van der Waals surface area contributed by atoms with E-state index in [1.54, 1.807) is 55.5 Å². The lowest BCUT2D eigenvalue weighted by molar-refractivity contribution is 0.102. The number of pyridine rings is 1. The van der Waals surface area contributed by atoms with Crippen molar-refractivity contribution in [1.29, 1.82) is 0 Å². The second kappa shape index (κ2) is 7.32. The molecule has 1 amide bonds. The lowest BCUT2D eigenvalue weighted by atomic mass is 10.2. The molecule has 0 aliphatic heterocycles. The molecule has 4 nitrogen and oxygen atoms in total. The molecular weight excluding hydrogens is 343 g/mol. The summed E-state index contributed by atoms with van der Waals surface area (Å²) in [5.74, 6) is 0.152. The molecule has 0 aliphatic carbocycles. The normalized spacial score (nSPS) is 10.4. The zero-order valence-electron chi connectivity index (χ0n) is 13.3. The van der Waals surface area contributed by atoms with Crippen LogP contribution in [0, 0.1) is 12.9 Å². The van der Waals surface area contributed by atoms with Crippen LogP contribution in [0.4, 0.5) is 10.1 Å². The van der Waals surface area contributed by atoms with Gasteiger partial charge in [0.15, 0.2) is 0 Å². The van der Waals surface area contributed by atoms with E-state index >= 15 is 0 Å². The lowest BCUT2D eigenvalue weighted by Gasteiger charge is -2.10. The van der Waals surface area contributed by atoms with Gasteiger partial charge in [0.25, 0.3) is 5.91 Å². The Morgan fingerprint density at radius 2 is 1.80 bits per heavy atom. The second-order valence-electron chi connectivity index (χ2n) is 5.31. The fraction of sp³-hybridized carbons (Fsp3) is 0.0526. The number of carbonyl (C=O) groups excluding carboxylic acids is 1. The summed E-state index contributed by atoms with van der Waals surface area (Å²) < 4.78 is 18.8. The third kappa shape index (κ3) is 4.33. The molecule has 3 rings (SSSR count). The molecule has 0 bridgehead atoms. The Kier molecular flexibility index (Phi) is 4.95. The van der Waals surface area contributed by atoms with E-state index in [9.17, 15) is 9.18 Å². The van der Waals surface area contributed by atoms with Crippen LogP contribution in [0.1, 0.15) is 16.1 Å². The van der Waals surface area contributed by atoms with Crippen molar-refractivity contribution >= 4 is 23.2 Å². The van der Waals surface area contributed by atoms with Gasteiger partial charge in [-0.3, -0.25) is 4.79 Å². The largest absolute Gasteiger partial charge is 0.457 e. The van der Waals surface area contributed by atoms with Crippen LogP contribution >= 0.6 is 11.6 Å². The van der Waals surface area contributed by atoms with Gasteiger partial charge in [-0.15, -0.1) is 0 Å². The van der Waals surface area contributed by atoms with Crippen molar-refractivity contribution in [2.24, 2.45) is 0 Å². The standard InChI is InChI=1S/C19H14ClFN2O2/c1-12-17(8-9-18(21)22-12)19(24)23-14-5-3-7-16(11-14)25-15-6-2-4-13(20)10-15/h2-11H,1H3,(H,23,24). The Morgan fingerprint density at radius 1 is 1.08 bits per heavy atom. The molecule has 1 heterocycles. The van der Waals surface area contributed by atoms with Crippen molar-refractivity contribution in [2.75, 3.05) is 5.32 Å². The molecule has 1 aromatic heterocycles. The number of nitrogens with zero attached hydrogens (tertiary/aromatic N) is 1. The minimum atomic E-state index is -0.619. The zero-order chi connectivity index (χ0) is 17.8. The van der Waals surface area contributed by atoms with Gasteiger partial charge in [-0.2, -0.15) is 4.39 Å². The van der Waals surface area contributed by atoms with Gasteiger partial charge in [-0.05, 0) is 49.4 Å². The average Bonchev–Trinajstić information content (AvgIpc) is 2.55. The van der Waals surface area contributed by atoms with Crippen LogP contribution < -0.4 is 10.1 Å². The van der Waals surface area contributed by atoms with E-state index in [2.05, 4.69) is 10.3 Å². The summed E-state index contributed by atoms with van der Waals surface area (Å²) in [5, 5.41) is 3.32. The van der Waals surface area contributed by atoms with Crippen LogP contribution in [0.15, 0.2) is 60.7 Å². The van der Waals surface area contributed by atoms with Gasteiger partial charge in [0.05, 0.1) is 11.3 Å². The van der Waals surface area contributed by atoms with E-state index < -0.39 is 5.95 Å². The summed E-state index contributed by atoms with van der Waals surface area (Å²) in [4.78, 5) is 16.0. The Labute approximate surface area is 149 Å². The highest BCUT2D eigenvalue weighted by molar-refractivity contribution is 6.30. The lowest BCUT2D eigenvalue weighted by Crippen LogP contribution is -2.14. The number of amides is 1. The first-order chi connectivity index (χ1) is 12.0. The molecule has 1 N–H and O–H groups in total. The maximum Gasteiger partial charge on any atom is 0.257 e.